The van der Waals surface area contributed by atoms with Gasteiger partial charge < -0.3 is 4.74 Å². The Kier molecular flexibility index (Phi) is 4.16. The predicted molar refractivity (Wildman–Crippen MR) is 66.9 cm³/mol. The fraction of sp³-hybridized carbons (Fsp3) is 0.400. The second-order valence-electron chi connectivity index (χ2n) is 3.65. The van der Waals surface area contributed by atoms with Gasteiger partial charge in [-0.3, -0.25) is 0 Å². The van der Waals surface area contributed by atoms with Crippen molar-refractivity contribution in [3.63, 3.8) is 0 Å². The SMILES string of the molecule is O=S(=O)(NN1CCOCC1)c1cccc(Br)c1. The number of hydrogen-bond donors (Lipinski definition) is 1. The van der Waals surface area contributed by atoms with Gasteiger partial charge in [-0.25, -0.2) is 13.4 Å². The third kappa shape index (κ3) is 3.49. The molecule has 0 aromatic heterocycles. The highest BCUT2D eigenvalue weighted by molar-refractivity contribution is 9.10. The lowest BCUT2D eigenvalue weighted by Gasteiger charge is -2.26. The molecule has 1 saturated heterocycles. The summed E-state index contributed by atoms with van der Waals surface area (Å²) in [6, 6.07) is 6.61. The van der Waals surface area contributed by atoms with Crippen LogP contribution in [0.15, 0.2) is 33.6 Å². The fourth-order valence-electron chi connectivity index (χ4n) is 1.51. The smallest absolute Gasteiger partial charge is 0.253 e. The van der Waals surface area contributed by atoms with Gasteiger partial charge in [0.05, 0.1) is 18.1 Å². The molecule has 17 heavy (non-hydrogen) atoms. The van der Waals surface area contributed by atoms with E-state index in [1.165, 1.54) is 0 Å². The van der Waals surface area contributed by atoms with Crippen molar-refractivity contribution in [2.24, 2.45) is 0 Å². The van der Waals surface area contributed by atoms with Gasteiger partial charge in [0.25, 0.3) is 10.0 Å². The molecule has 1 aromatic rings. The number of benzene rings is 1. The lowest BCUT2D eigenvalue weighted by atomic mass is 10.4. The minimum absolute atomic E-state index is 0.248. The first-order chi connectivity index (χ1) is 8.08. The first kappa shape index (κ1) is 13.0. The van der Waals surface area contributed by atoms with Gasteiger partial charge >= 0.3 is 0 Å². The van der Waals surface area contributed by atoms with Crippen molar-refractivity contribution in [3.8, 4) is 0 Å². The quantitative estimate of drug-likeness (QED) is 0.901. The van der Waals surface area contributed by atoms with Crippen LogP contribution >= 0.6 is 15.9 Å². The number of sulfonamides is 1. The molecule has 5 nitrogen and oxygen atoms in total. The third-order valence-electron chi connectivity index (χ3n) is 2.37. The Bertz CT molecular complexity index is 486. The molecule has 2 rings (SSSR count). The summed E-state index contributed by atoms with van der Waals surface area (Å²) >= 11 is 3.25. The molecule has 1 heterocycles. The highest BCUT2D eigenvalue weighted by Gasteiger charge is 2.19. The Balaban J connectivity index is 2.13. The Hall–Kier alpha value is -0.470. The fourth-order valence-corrected chi connectivity index (χ4v) is 3.23. The van der Waals surface area contributed by atoms with Crippen LogP contribution in [0.3, 0.4) is 0 Å². The van der Waals surface area contributed by atoms with E-state index in [2.05, 4.69) is 20.8 Å². The number of nitrogens with zero attached hydrogens (tertiary/aromatic N) is 1. The summed E-state index contributed by atoms with van der Waals surface area (Å²) in [4.78, 5) is 2.79. The van der Waals surface area contributed by atoms with Crippen LogP contribution in [0.1, 0.15) is 0 Å². The number of rotatable bonds is 3. The third-order valence-corrected chi connectivity index (χ3v) is 4.23. The number of hydrogen-bond acceptors (Lipinski definition) is 4. The maximum absolute atomic E-state index is 12.0. The van der Waals surface area contributed by atoms with Gasteiger partial charge in [0.2, 0.25) is 0 Å². The van der Waals surface area contributed by atoms with Crippen LogP contribution in [0.2, 0.25) is 0 Å². The van der Waals surface area contributed by atoms with Crippen molar-refractivity contribution in [3.05, 3.63) is 28.7 Å². The zero-order valence-corrected chi connectivity index (χ0v) is 11.5. The molecular weight excluding hydrogens is 308 g/mol. The minimum Gasteiger partial charge on any atom is -0.379 e. The lowest BCUT2D eigenvalue weighted by Crippen LogP contribution is -2.48. The van der Waals surface area contributed by atoms with E-state index in [1.807, 2.05) is 0 Å². The average Bonchev–Trinajstić information content (AvgIpc) is 2.30. The van der Waals surface area contributed by atoms with Gasteiger partial charge in [-0.05, 0) is 18.2 Å². The van der Waals surface area contributed by atoms with Gasteiger partial charge in [-0.2, -0.15) is 0 Å². The molecule has 1 aliphatic rings. The largest absolute Gasteiger partial charge is 0.379 e. The number of halogens is 1. The first-order valence-corrected chi connectivity index (χ1v) is 7.46. The van der Waals surface area contributed by atoms with E-state index in [-0.39, 0.29) is 4.90 Å². The van der Waals surface area contributed by atoms with Crippen molar-refractivity contribution in [1.82, 2.24) is 9.84 Å². The Morgan fingerprint density at radius 1 is 1.29 bits per heavy atom. The molecule has 0 amide bonds. The number of hydrazine groups is 1. The van der Waals surface area contributed by atoms with E-state index in [9.17, 15) is 8.42 Å². The van der Waals surface area contributed by atoms with E-state index >= 15 is 0 Å². The van der Waals surface area contributed by atoms with Gasteiger partial charge in [0.1, 0.15) is 0 Å². The molecule has 0 radical (unpaired) electrons. The molecule has 1 N–H and O–H groups in total. The number of morpholine rings is 1. The van der Waals surface area contributed by atoms with Crippen LogP contribution in [0.25, 0.3) is 0 Å². The van der Waals surface area contributed by atoms with Gasteiger partial charge in [-0.1, -0.05) is 22.0 Å². The molecule has 0 atom stereocenters. The summed E-state index contributed by atoms with van der Waals surface area (Å²) in [5, 5.41) is 1.65. The molecule has 0 saturated carbocycles. The van der Waals surface area contributed by atoms with E-state index in [0.717, 1.165) is 4.47 Å². The van der Waals surface area contributed by atoms with Crippen molar-refractivity contribution >= 4 is 26.0 Å². The molecule has 7 heteroatoms. The van der Waals surface area contributed by atoms with E-state index in [1.54, 1.807) is 29.3 Å². The van der Waals surface area contributed by atoms with Crippen molar-refractivity contribution in [2.45, 2.75) is 4.90 Å². The zero-order valence-electron chi connectivity index (χ0n) is 9.10. The topological polar surface area (TPSA) is 58.6 Å². The summed E-state index contributed by atoms with van der Waals surface area (Å²) < 4.78 is 30.0. The van der Waals surface area contributed by atoms with Gasteiger partial charge in [-0.15, -0.1) is 4.83 Å². The Morgan fingerprint density at radius 2 is 2.00 bits per heavy atom. The van der Waals surface area contributed by atoms with Gasteiger partial charge in [0, 0.05) is 17.6 Å². The standard InChI is InChI=1S/C10H13BrN2O3S/c11-9-2-1-3-10(8-9)17(14,15)12-13-4-6-16-7-5-13/h1-3,8,12H,4-7H2. The molecule has 0 aliphatic carbocycles. The molecule has 1 aliphatic heterocycles. The van der Waals surface area contributed by atoms with Gasteiger partial charge in [0.15, 0.2) is 0 Å². The van der Waals surface area contributed by atoms with Crippen LogP contribution in [0, 0.1) is 0 Å². The molecule has 1 aromatic carbocycles. The second kappa shape index (κ2) is 5.45. The normalized spacial score (nSPS) is 18.2. The molecular formula is C10H13BrN2O3S. The monoisotopic (exact) mass is 320 g/mol. The van der Waals surface area contributed by atoms with Crippen LogP contribution in [-0.2, 0) is 14.8 Å². The van der Waals surface area contributed by atoms with E-state index in [4.69, 9.17) is 4.74 Å². The van der Waals surface area contributed by atoms with Crippen LogP contribution in [0.4, 0.5) is 0 Å². The number of nitrogens with one attached hydrogen (secondary N) is 1. The van der Waals surface area contributed by atoms with E-state index in [0.29, 0.717) is 26.3 Å². The van der Waals surface area contributed by atoms with Crippen LogP contribution in [-0.4, -0.2) is 39.7 Å². The molecule has 0 spiro atoms. The molecule has 94 valence electrons. The molecule has 0 bridgehead atoms. The Labute approximate surface area is 109 Å². The summed E-state index contributed by atoms with van der Waals surface area (Å²) in [7, 11) is -3.49. The molecule has 1 fully saturated rings. The highest BCUT2D eigenvalue weighted by atomic mass is 79.9. The molecule has 0 unspecified atom stereocenters. The lowest BCUT2D eigenvalue weighted by molar-refractivity contribution is 0.0272. The van der Waals surface area contributed by atoms with E-state index < -0.39 is 10.0 Å². The maximum Gasteiger partial charge on any atom is 0.253 e. The maximum atomic E-state index is 12.0. The second-order valence-corrected chi connectivity index (χ2v) is 6.23. The minimum atomic E-state index is -3.49. The highest BCUT2D eigenvalue weighted by Crippen LogP contribution is 2.16. The summed E-state index contributed by atoms with van der Waals surface area (Å²) in [5.41, 5.74) is 0. The Morgan fingerprint density at radius 3 is 2.65 bits per heavy atom. The van der Waals surface area contributed by atoms with Crippen LogP contribution < -0.4 is 4.83 Å². The zero-order chi connectivity index (χ0) is 12.3. The summed E-state index contributed by atoms with van der Waals surface area (Å²) in [6.45, 7) is 2.21. The van der Waals surface area contributed by atoms with Crippen molar-refractivity contribution in [2.75, 3.05) is 26.3 Å². The van der Waals surface area contributed by atoms with Crippen molar-refractivity contribution < 1.29 is 13.2 Å². The van der Waals surface area contributed by atoms with Crippen LogP contribution in [0.5, 0.6) is 0 Å². The summed E-state index contributed by atoms with van der Waals surface area (Å²) in [5.74, 6) is 0. The summed E-state index contributed by atoms with van der Waals surface area (Å²) in [6.07, 6.45) is 0. The number of ether oxygens (including phenoxy) is 1. The first-order valence-electron chi connectivity index (χ1n) is 5.19. The van der Waals surface area contributed by atoms with Crippen molar-refractivity contribution in [1.29, 1.82) is 0 Å². The predicted octanol–water partition coefficient (Wildman–Crippen LogP) is 0.975. The average molecular weight is 321 g/mol.